The minimum Gasteiger partial charge on any atom is -0.344 e. The van der Waals surface area contributed by atoms with Gasteiger partial charge in [-0.05, 0) is 12.8 Å². The Kier molecular flexibility index (Phi) is 4.60. The van der Waals surface area contributed by atoms with Crippen molar-refractivity contribution in [1.82, 2.24) is 14.9 Å². The number of carbonyl (C=O) groups excluding carboxylic acids is 2. The van der Waals surface area contributed by atoms with Crippen LogP contribution in [0.1, 0.15) is 26.6 Å². The van der Waals surface area contributed by atoms with Gasteiger partial charge in [0.15, 0.2) is 5.78 Å². The van der Waals surface area contributed by atoms with E-state index in [1.807, 2.05) is 19.9 Å². The molecule has 0 aliphatic heterocycles. The first-order chi connectivity index (χ1) is 8.45. The average molecular weight is 248 g/mol. The molecule has 0 aliphatic rings. The lowest BCUT2D eigenvalue weighted by molar-refractivity contribution is -0.128. The van der Waals surface area contributed by atoms with Crippen LogP contribution in [0.2, 0.25) is 0 Å². The molecule has 1 atom stereocenters. The van der Waals surface area contributed by atoms with Crippen LogP contribution in [0.15, 0.2) is 12.4 Å². The summed E-state index contributed by atoms with van der Waals surface area (Å²) < 4.78 is 1.44. The number of hydrogen-bond donors (Lipinski definition) is 1. The topological polar surface area (TPSA) is 87.8 Å². The second-order valence-corrected chi connectivity index (χ2v) is 4.39. The van der Waals surface area contributed by atoms with E-state index in [1.54, 1.807) is 6.20 Å². The van der Waals surface area contributed by atoms with Gasteiger partial charge in [-0.1, -0.05) is 13.8 Å². The lowest BCUT2D eigenvalue weighted by Crippen LogP contribution is -2.44. The van der Waals surface area contributed by atoms with Gasteiger partial charge in [0.2, 0.25) is 11.7 Å². The Balaban J connectivity index is 2.67. The molecule has 6 heteroatoms. The molecule has 0 aliphatic carbocycles. The largest absolute Gasteiger partial charge is 0.344 e. The summed E-state index contributed by atoms with van der Waals surface area (Å²) in [5, 5.41) is 11.4. The number of imidazole rings is 1. The van der Waals surface area contributed by atoms with Crippen LogP contribution in [0, 0.1) is 17.2 Å². The highest BCUT2D eigenvalue weighted by Gasteiger charge is 2.20. The molecule has 6 nitrogen and oxygen atoms in total. The highest BCUT2D eigenvalue weighted by molar-refractivity contribution is 5.87. The number of nitrogens with zero attached hydrogens (tertiary/aromatic N) is 3. The summed E-state index contributed by atoms with van der Waals surface area (Å²) in [5.74, 6) is -0.179. The van der Waals surface area contributed by atoms with Crippen molar-refractivity contribution in [2.75, 3.05) is 0 Å². The van der Waals surface area contributed by atoms with Gasteiger partial charge in [-0.2, -0.15) is 5.26 Å². The summed E-state index contributed by atoms with van der Waals surface area (Å²) in [6, 6.07) is 1.39. The third-order valence-electron chi connectivity index (χ3n) is 2.55. The molecular weight excluding hydrogens is 232 g/mol. The molecule has 0 radical (unpaired) electrons. The Morgan fingerprint density at radius 1 is 1.56 bits per heavy atom. The minimum atomic E-state index is -0.494. The van der Waals surface area contributed by atoms with E-state index >= 15 is 0 Å². The van der Waals surface area contributed by atoms with Crippen LogP contribution in [0.25, 0.3) is 0 Å². The quantitative estimate of drug-likeness (QED) is 0.821. The van der Waals surface area contributed by atoms with Gasteiger partial charge in [0.05, 0.1) is 6.04 Å². The third kappa shape index (κ3) is 3.42. The summed E-state index contributed by atoms with van der Waals surface area (Å²) in [6.07, 6.45) is 3.01. The van der Waals surface area contributed by atoms with Crippen molar-refractivity contribution in [3.63, 3.8) is 0 Å². The summed E-state index contributed by atoms with van der Waals surface area (Å²) in [5.41, 5.74) is 0. The van der Waals surface area contributed by atoms with Crippen LogP contribution in [-0.4, -0.2) is 27.3 Å². The van der Waals surface area contributed by atoms with Gasteiger partial charge in [-0.3, -0.25) is 9.59 Å². The Hall–Kier alpha value is -2.16. The average Bonchev–Trinajstić information content (AvgIpc) is 2.72. The van der Waals surface area contributed by atoms with Crippen molar-refractivity contribution in [1.29, 1.82) is 5.26 Å². The first-order valence-corrected chi connectivity index (χ1v) is 5.66. The molecule has 18 heavy (non-hydrogen) atoms. The van der Waals surface area contributed by atoms with Gasteiger partial charge in [0.25, 0.3) is 0 Å². The van der Waals surface area contributed by atoms with Crippen molar-refractivity contribution >= 4 is 11.7 Å². The molecule has 0 aromatic carbocycles. The first-order valence-electron chi connectivity index (χ1n) is 5.66. The molecule has 0 bridgehead atoms. The van der Waals surface area contributed by atoms with Crippen molar-refractivity contribution < 1.29 is 9.59 Å². The maximum atomic E-state index is 11.8. The Morgan fingerprint density at radius 2 is 2.22 bits per heavy atom. The fraction of sp³-hybridized carbons (Fsp3) is 0.500. The maximum absolute atomic E-state index is 11.8. The smallest absolute Gasteiger partial charge is 0.240 e. The Labute approximate surface area is 106 Å². The molecule has 0 saturated carbocycles. The van der Waals surface area contributed by atoms with Gasteiger partial charge in [0, 0.05) is 12.4 Å². The Morgan fingerprint density at radius 3 is 2.72 bits per heavy atom. The molecule has 0 fully saturated rings. The van der Waals surface area contributed by atoms with Crippen LogP contribution in [0.5, 0.6) is 0 Å². The summed E-state index contributed by atoms with van der Waals surface area (Å²) >= 11 is 0. The van der Waals surface area contributed by atoms with Crippen molar-refractivity contribution in [2.24, 2.45) is 5.92 Å². The SMILES string of the molecule is CC(=O)C(NC(=O)Cn1ccnc1C#N)C(C)C. The molecular formula is C12H16N4O2. The number of hydrogen-bond acceptors (Lipinski definition) is 4. The van der Waals surface area contributed by atoms with Crippen molar-refractivity contribution in [3.8, 4) is 6.07 Å². The molecule has 1 aromatic rings. The van der Waals surface area contributed by atoms with Gasteiger partial charge < -0.3 is 9.88 Å². The number of aromatic nitrogens is 2. The predicted octanol–water partition coefficient (Wildman–Crippen LogP) is 0.485. The van der Waals surface area contributed by atoms with E-state index in [0.29, 0.717) is 0 Å². The van der Waals surface area contributed by atoms with Crippen LogP contribution < -0.4 is 5.32 Å². The first kappa shape index (κ1) is 13.9. The van der Waals surface area contributed by atoms with Gasteiger partial charge in [-0.25, -0.2) is 4.98 Å². The van der Waals surface area contributed by atoms with E-state index in [4.69, 9.17) is 5.26 Å². The maximum Gasteiger partial charge on any atom is 0.240 e. The van der Waals surface area contributed by atoms with E-state index in [0.717, 1.165) is 0 Å². The van der Waals surface area contributed by atoms with Gasteiger partial charge in [0.1, 0.15) is 12.6 Å². The normalized spacial score (nSPS) is 11.9. The van der Waals surface area contributed by atoms with Gasteiger partial charge >= 0.3 is 0 Å². The number of nitriles is 1. The number of rotatable bonds is 5. The van der Waals surface area contributed by atoms with E-state index in [-0.39, 0.29) is 30.0 Å². The highest BCUT2D eigenvalue weighted by Crippen LogP contribution is 2.03. The van der Waals surface area contributed by atoms with E-state index in [9.17, 15) is 9.59 Å². The van der Waals surface area contributed by atoms with Crippen molar-refractivity contribution in [3.05, 3.63) is 18.2 Å². The standard InChI is InChI=1S/C12H16N4O2/c1-8(2)12(9(3)17)15-11(18)7-16-5-4-14-10(16)6-13/h4-5,8,12H,7H2,1-3H3,(H,15,18). The van der Waals surface area contributed by atoms with E-state index in [1.165, 1.54) is 17.7 Å². The number of carbonyl (C=O) groups is 2. The number of nitrogens with one attached hydrogen (secondary N) is 1. The Bertz CT molecular complexity index is 485. The molecule has 1 rings (SSSR count). The zero-order valence-electron chi connectivity index (χ0n) is 10.7. The van der Waals surface area contributed by atoms with E-state index < -0.39 is 6.04 Å². The van der Waals surface area contributed by atoms with Crippen LogP contribution >= 0.6 is 0 Å². The number of amides is 1. The zero-order valence-corrected chi connectivity index (χ0v) is 10.7. The fourth-order valence-corrected chi connectivity index (χ4v) is 1.66. The predicted molar refractivity (Wildman–Crippen MR) is 64.4 cm³/mol. The summed E-state index contributed by atoms with van der Waals surface area (Å²) in [6.45, 7) is 5.16. The molecule has 1 amide bonds. The molecule has 0 spiro atoms. The summed E-state index contributed by atoms with van der Waals surface area (Å²) in [4.78, 5) is 26.9. The minimum absolute atomic E-state index is 0.0145. The molecule has 1 N–H and O–H groups in total. The monoisotopic (exact) mass is 248 g/mol. The highest BCUT2D eigenvalue weighted by atomic mass is 16.2. The second-order valence-electron chi connectivity index (χ2n) is 4.39. The lowest BCUT2D eigenvalue weighted by atomic mass is 10.0. The molecule has 0 saturated heterocycles. The second kappa shape index (κ2) is 5.96. The van der Waals surface area contributed by atoms with Gasteiger partial charge in [-0.15, -0.1) is 0 Å². The van der Waals surface area contributed by atoms with Crippen LogP contribution in [0.4, 0.5) is 0 Å². The van der Waals surface area contributed by atoms with Crippen LogP contribution in [-0.2, 0) is 16.1 Å². The van der Waals surface area contributed by atoms with E-state index in [2.05, 4.69) is 10.3 Å². The molecule has 96 valence electrons. The number of Topliss-reactive ketones (excluding diaryl/α,β-unsaturated/α-hetero) is 1. The van der Waals surface area contributed by atoms with Crippen molar-refractivity contribution in [2.45, 2.75) is 33.4 Å². The lowest BCUT2D eigenvalue weighted by Gasteiger charge is -2.19. The molecule has 1 heterocycles. The van der Waals surface area contributed by atoms with Crippen LogP contribution in [0.3, 0.4) is 0 Å². The number of ketones is 1. The fourth-order valence-electron chi connectivity index (χ4n) is 1.66. The summed E-state index contributed by atoms with van der Waals surface area (Å²) in [7, 11) is 0. The third-order valence-corrected chi connectivity index (χ3v) is 2.55. The molecule has 1 unspecified atom stereocenters. The molecule has 1 aromatic heterocycles. The zero-order chi connectivity index (χ0) is 13.7.